The van der Waals surface area contributed by atoms with Gasteiger partial charge in [-0.25, -0.2) is 4.98 Å². The second-order valence-corrected chi connectivity index (χ2v) is 42.5. The summed E-state index contributed by atoms with van der Waals surface area (Å²) in [6.07, 6.45) is 1.74. The standard InChI is InChI=1S/C19H13NO3S.3C19H13NOS.C18H15P.C12H9BO2S.C7H6BrNO3.C5H4BrN/c1-23-13-7-9-14(17(11-13)20(21)22)12-6-8-16-15-4-2-3-5-18(15)24-19(16)10-12;1-21-11-6-7-12-14-10-19-15(9-17(14)20-16(12)8-11)13-4-2-3-5-18(13)22-19;2*1-21-11-6-7-12-14-8-9-15-13-4-2-3-5-17(13)22-19(15)18(14)20-16(12)10-11;1-4-10-16(11-5-1)19(17-12-6-2-7-13-17)18-14-8-3-9-15-18;14-13(15)8-5-6-10-9-3-1-2-4-11(9)16-12(10)7-8;1-12-5-2-3-6(8)7(4-5)9(10)11;6-5-3-1-2-4-7-5/h2-11H,1H3;3*2-10,20H,1H3;1-15H;1-7,14-15H;2-4H,1H3;1-4H. The molecule has 0 aliphatic carbocycles. The van der Waals surface area contributed by atoms with Crippen molar-refractivity contribution in [2.75, 3.05) is 35.5 Å². The van der Waals surface area contributed by atoms with Gasteiger partial charge in [0.25, 0.3) is 11.4 Å². The molecule has 9 aromatic heterocycles. The Kier molecular flexibility index (Phi) is 29.0. The number of ether oxygens (including phenoxy) is 5. The third-order valence-corrected chi connectivity index (χ3v) is 34.2. The molecule has 9 heterocycles. The number of hydrogen-bond acceptors (Lipinski definition) is 17. The largest absolute Gasteiger partial charge is 0.497 e. The number of H-pyrrole nitrogens is 3. The molecule has 17 nitrogen and oxygen atoms in total. The number of methoxy groups -OCH3 is 5. The van der Waals surface area contributed by atoms with Crippen molar-refractivity contribution in [3.05, 3.63) is 430 Å². The number of nitro benzene ring substituents is 2. The van der Waals surface area contributed by atoms with Crippen LogP contribution in [-0.4, -0.2) is 82.5 Å². The molecule has 0 fully saturated rings. The molecule has 0 spiro atoms. The summed E-state index contributed by atoms with van der Waals surface area (Å²) in [5, 5.41) is 64.6. The van der Waals surface area contributed by atoms with E-state index in [0.717, 1.165) is 53.4 Å². The van der Waals surface area contributed by atoms with Crippen molar-refractivity contribution in [2.24, 2.45) is 0 Å². The predicted molar refractivity (Wildman–Crippen MR) is 617 cm³/mol. The monoisotopic (exact) mass is 2120 g/mol. The highest BCUT2D eigenvalue weighted by atomic mass is 79.9. The number of halogens is 2. The van der Waals surface area contributed by atoms with Crippen molar-refractivity contribution in [1.29, 1.82) is 0 Å². The molecule has 0 saturated carbocycles. The first-order chi connectivity index (χ1) is 70.4. The summed E-state index contributed by atoms with van der Waals surface area (Å²) >= 11 is 15.2. The lowest BCUT2D eigenvalue weighted by Gasteiger charge is -2.18. The minimum absolute atomic E-state index is 0.00866. The summed E-state index contributed by atoms with van der Waals surface area (Å²) in [6, 6.07) is 133. The zero-order chi connectivity index (χ0) is 99.0. The summed E-state index contributed by atoms with van der Waals surface area (Å²) in [6.45, 7) is 0. The molecule has 0 aliphatic heterocycles. The van der Waals surface area contributed by atoms with Crippen LogP contribution in [0.25, 0.3) is 177 Å². The number of aromatic amines is 3. The maximum absolute atomic E-state index is 11.4. The van der Waals surface area contributed by atoms with Gasteiger partial charge >= 0.3 is 7.12 Å². The Hall–Kier alpha value is -15.2. The van der Waals surface area contributed by atoms with Crippen molar-refractivity contribution >= 4 is 303 Å². The molecule has 144 heavy (non-hydrogen) atoms. The summed E-state index contributed by atoms with van der Waals surface area (Å²) in [7, 11) is 6.23. The van der Waals surface area contributed by atoms with Crippen molar-refractivity contribution < 1.29 is 43.6 Å². The van der Waals surface area contributed by atoms with Crippen LogP contribution in [0.3, 0.4) is 0 Å². The van der Waals surface area contributed by atoms with Gasteiger partial charge in [-0.05, 0) is 194 Å². The quantitative estimate of drug-likeness (QED) is 0.0253. The number of nitro groups is 2. The van der Waals surface area contributed by atoms with Gasteiger partial charge in [0.2, 0.25) is 0 Å². The zero-order valence-electron chi connectivity index (χ0n) is 77.8. The van der Waals surface area contributed by atoms with E-state index in [1.807, 2.05) is 125 Å². The fourth-order valence-corrected chi connectivity index (χ4v) is 26.7. The number of thiophene rings is 5. The van der Waals surface area contributed by atoms with E-state index in [4.69, 9.17) is 33.7 Å². The van der Waals surface area contributed by atoms with Crippen LogP contribution >= 0.6 is 96.5 Å². The van der Waals surface area contributed by atoms with Crippen molar-refractivity contribution in [1.82, 2.24) is 19.9 Å². The first kappa shape index (κ1) is 96.3. The molecule has 706 valence electrons. The molecule has 0 radical (unpaired) electrons. The number of nitrogens with zero attached hydrogens (tertiary/aromatic N) is 3. The predicted octanol–water partition coefficient (Wildman–Crippen LogP) is 32.1. The van der Waals surface area contributed by atoms with Crippen molar-refractivity contribution in [3.63, 3.8) is 0 Å². The maximum atomic E-state index is 11.4. The van der Waals surface area contributed by atoms with E-state index in [9.17, 15) is 20.2 Å². The molecule has 0 atom stereocenters. The summed E-state index contributed by atoms with van der Waals surface area (Å²) in [5.41, 5.74) is 9.03. The van der Waals surface area contributed by atoms with Gasteiger partial charge < -0.3 is 48.7 Å². The van der Waals surface area contributed by atoms with Gasteiger partial charge in [-0.2, -0.15) is 0 Å². The molecule has 0 unspecified atom stereocenters. The molecule has 18 aromatic carbocycles. The lowest BCUT2D eigenvalue weighted by Crippen LogP contribution is -2.29. The molecule has 27 aromatic rings. The zero-order valence-corrected chi connectivity index (χ0v) is 86.0. The molecular weight excluding hydrogens is 2040 g/mol. The Bertz CT molecular complexity index is 9100. The van der Waals surface area contributed by atoms with E-state index in [1.165, 1.54) is 183 Å². The summed E-state index contributed by atoms with van der Waals surface area (Å²) in [5.74, 6) is 3.60. The van der Waals surface area contributed by atoms with Gasteiger partial charge in [-0.15, -0.1) is 56.7 Å². The Labute approximate surface area is 863 Å². The van der Waals surface area contributed by atoms with Crippen molar-refractivity contribution in [2.45, 2.75) is 0 Å². The van der Waals surface area contributed by atoms with Crippen LogP contribution in [0.4, 0.5) is 11.4 Å². The Morgan fingerprint density at radius 3 is 1.07 bits per heavy atom. The first-order valence-corrected chi connectivity index (χ1v) is 52.7. The third kappa shape index (κ3) is 20.2. The van der Waals surface area contributed by atoms with E-state index < -0.39 is 20.0 Å². The van der Waals surface area contributed by atoms with Crippen LogP contribution in [0.2, 0.25) is 0 Å². The second kappa shape index (κ2) is 43.3. The fraction of sp³-hybridized carbons (Fsp3) is 0.0424. The van der Waals surface area contributed by atoms with Crippen molar-refractivity contribution in [3.8, 4) is 39.9 Å². The number of benzene rings is 18. The lowest BCUT2D eigenvalue weighted by atomic mass is 9.80. The SMILES string of the molecule is Brc1ccccn1.COc1ccc(-c2ccc3c(c2)sc2ccccc23)c([N+](=O)[O-])c1.COc1ccc(Br)c([N+](=O)[O-])c1.COc1ccc2c(c1)[nH]c1c2ccc2c3ccccc3sc21.COc1ccc2c(c1)[nH]c1c2ccc2c3ccccc3sc21.COc1ccc2c(c1)[nH]c1cc3c(cc12)sc1ccccc13.OB(O)c1ccc2c(c1)sc1ccccc12.c1ccc(P(c2ccccc2)c2ccccc2)cc1. The number of nitrogens with one attached hydrogen (secondary N) is 3. The van der Waals surface area contributed by atoms with Gasteiger partial charge in [0.15, 0.2) is 0 Å². The van der Waals surface area contributed by atoms with E-state index in [1.54, 1.807) is 80.5 Å². The van der Waals surface area contributed by atoms with Crippen LogP contribution in [0.5, 0.6) is 28.7 Å². The van der Waals surface area contributed by atoms with E-state index in [2.05, 4.69) is 313 Å². The number of fused-ring (bicyclic) bond motifs is 26. The van der Waals surface area contributed by atoms with Gasteiger partial charge in [0, 0.05) is 154 Å². The molecule has 27 rings (SSSR count). The average Bonchev–Trinajstić information content (AvgIpc) is 1.57. The molecule has 0 aliphatic rings. The Morgan fingerprint density at radius 2 is 0.639 bits per heavy atom. The smallest absolute Gasteiger partial charge is 0.488 e. The molecule has 0 bridgehead atoms. The summed E-state index contributed by atoms with van der Waals surface area (Å²) < 4.78 is 39.9. The third-order valence-electron chi connectivity index (χ3n) is 24.8. The number of pyridine rings is 1. The maximum Gasteiger partial charge on any atom is 0.488 e. The van der Waals surface area contributed by atoms with Gasteiger partial charge in [0.05, 0.1) is 105 Å². The van der Waals surface area contributed by atoms with Crippen LogP contribution in [0.1, 0.15) is 0 Å². The summed E-state index contributed by atoms with van der Waals surface area (Å²) in [4.78, 5) is 35.6. The van der Waals surface area contributed by atoms with Gasteiger partial charge in [-0.1, -0.05) is 237 Å². The average molecular weight is 2130 g/mol. The Balaban J connectivity index is 0.000000102. The molecule has 5 N–H and O–H groups in total. The highest BCUT2D eigenvalue weighted by Gasteiger charge is 2.23. The fourth-order valence-electron chi connectivity index (χ4n) is 17.9. The van der Waals surface area contributed by atoms with Gasteiger partial charge in [0.1, 0.15) is 33.4 Å². The van der Waals surface area contributed by atoms with E-state index in [-0.39, 0.29) is 16.3 Å². The molecule has 0 amide bonds. The number of hydrogen-bond donors (Lipinski definition) is 5. The first-order valence-electron chi connectivity index (χ1n) is 45.7. The van der Waals surface area contributed by atoms with Crippen LogP contribution < -0.4 is 45.1 Å². The van der Waals surface area contributed by atoms with Crippen LogP contribution in [0, 0.1) is 20.2 Å². The van der Waals surface area contributed by atoms with Crippen LogP contribution in [0.15, 0.2) is 410 Å². The van der Waals surface area contributed by atoms with Gasteiger partial charge in [-0.3, -0.25) is 20.2 Å². The van der Waals surface area contributed by atoms with E-state index in [0.29, 0.717) is 27.0 Å². The normalized spacial score (nSPS) is 11.1. The lowest BCUT2D eigenvalue weighted by molar-refractivity contribution is -0.385. The highest BCUT2D eigenvalue weighted by Crippen LogP contribution is 2.47. The minimum Gasteiger partial charge on any atom is -0.497 e. The highest BCUT2D eigenvalue weighted by molar-refractivity contribution is 9.10. The minimum atomic E-state index is -1.39. The molecular formula is C118H86BBr2N6O11PS5. The molecule has 26 heteroatoms. The second-order valence-electron chi connectivity index (χ2n) is 33.3. The Morgan fingerprint density at radius 1 is 0.299 bits per heavy atom. The molecule has 0 saturated heterocycles. The topological polar surface area (TPSA) is 233 Å². The van der Waals surface area contributed by atoms with Crippen LogP contribution in [-0.2, 0) is 0 Å². The number of aromatic nitrogens is 4. The van der Waals surface area contributed by atoms with E-state index >= 15 is 0 Å². The number of rotatable bonds is 12.